The van der Waals surface area contributed by atoms with Crippen LogP contribution in [-0.2, 0) is 21.4 Å². The van der Waals surface area contributed by atoms with Gasteiger partial charge in [0, 0.05) is 5.56 Å². The molecule has 0 atom stereocenters. The first-order chi connectivity index (χ1) is 17.5. The van der Waals surface area contributed by atoms with Crippen LogP contribution in [0.25, 0.3) is 0 Å². The van der Waals surface area contributed by atoms with Crippen molar-refractivity contribution in [3.05, 3.63) is 125 Å². The van der Waals surface area contributed by atoms with Crippen LogP contribution in [0.15, 0.2) is 113 Å². The number of carbonyl (C=O) groups is 1. The maximum Gasteiger partial charge on any atom is 0.337 e. The number of carbonyl (C=O) groups excluding carboxylic acids is 1. The molecule has 7 heteroatoms. The number of hydrogen-bond acceptors (Lipinski definition) is 4. The third kappa shape index (κ3) is 4.74. The summed E-state index contributed by atoms with van der Waals surface area (Å²) in [6, 6.07) is 32.8. The predicted molar refractivity (Wildman–Crippen MR) is 143 cm³/mol. The number of hydrogen-bond donors (Lipinski definition) is 0. The minimum Gasteiger partial charge on any atom is -0.330 e. The van der Waals surface area contributed by atoms with Gasteiger partial charge in [0.2, 0.25) is 5.91 Å². The van der Waals surface area contributed by atoms with Gasteiger partial charge in [-0.1, -0.05) is 91.0 Å². The maximum absolute atomic E-state index is 13.9. The zero-order valence-electron chi connectivity index (χ0n) is 19.9. The third-order valence-corrected chi connectivity index (χ3v) is 10.7. The number of nitrogens with zero attached hydrogens (tertiary/aromatic N) is 2. The van der Waals surface area contributed by atoms with Gasteiger partial charge in [-0.05, 0) is 28.6 Å². The Labute approximate surface area is 216 Å². The van der Waals surface area contributed by atoms with Crippen LogP contribution < -0.4 is 0 Å². The summed E-state index contributed by atoms with van der Waals surface area (Å²) in [6.07, 6.45) is 0. The van der Waals surface area contributed by atoms with Gasteiger partial charge in [-0.25, -0.2) is 3.89 Å². The SMILES string of the molecule is O=C(C(c1ccccc1)c1ccccc1)N1CC[N+](Cc2ccccc2)(S(=O)(=O)c2cccs2)CC1. The molecule has 3 aromatic carbocycles. The average Bonchev–Trinajstić information content (AvgIpc) is 3.47. The van der Waals surface area contributed by atoms with Gasteiger partial charge in [-0.3, -0.25) is 4.79 Å². The number of piperazine rings is 1. The lowest BCUT2D eigenvalue weighted by Gasteiger charge is -2.43. The lowest BCUT2D eigenvalue weighted by molar-refractivity contribution is -0.825. The number of rotatable bonds is 7. The van der Waals surface area contributed by atoms with E-state index in [1.807, 2.05) is 95.9 Å². The average molecular weight is 518 g/mol. The molecule has 0 unspecified atom stereocenters. The zero-order valence-corrected chi connectivity index (χ0v) is 21.6. The van der Waals surface area contributed by atoms with Crippen molar-refractivity contribution < 1.29 is 17.1 Å². The summed E-state index contributed by atoms with van der Waals surface area (Å²) < 4.78 is 28.1. The van der Waals surface area contributed by atoms with Gasteiger partial charge in [0.25, 0.3) is 0 Å². The first-order valence-corrected chi connectivity index (χ1v) is 14.4. The molecule has 184 valence electrons. The normalized spacial score (nSPS) is 15.6. The minimum atomic E-state index is -3.63. The third-order valence-electron chi connectivity index (χ3n) is 6.95. The van der Waals surface area contributed by atoms with Crippen molar-refractivity contribution in [2.75, 3.05) is 26.2 Å². The van der Waals surface area contributed by atoms with Crippen molar-refractivity contribution in [2.45, 2.75) is 16.7 Å². The molecule has 36 heavy (non-hydrogen) atoms. The van der Waals surface area contributed by atoms with Gasteiger partial charge in [0.15, 0.2) is 4.21 Å². The van der Waals surface area contributed by atoms with Crippen LogP contribution in [0.2, 0.25) is 0 Å². The van der Waals surface area contributed by atoms with Crippen LogP contribution >= 0.6 is 11.3 Å². The minimum absolute atomic E-state index is 0.0124. The first kappa shape index (κ1) is 24.4. The highest BCUT2D eigenvalue weighted by Gasteiger charge is 2.47. The Morgan fingerprint density at radius 1 is 0.778 bits per heavy atom. The number of benzene rings is 3. The second kappa shape index (κ2) is 10.4. The number of amides is 1. The standard InChI is InChI=1S/C29H29N2O3S2/c32-29(28(25-13-6-2-7-14-25)26-15-8-3-9-16-26)30-18-20-31(21-19-30,23-24-11-4-1-5-12-24)36(33,34)27-17-10-22-35-27/h1-17,22,28H,18-21,23H2/q+1. The van der Waals surface area contributed by atoms with Gasteiger partial charge in [0.05, 0.1) is 19.0 Å². The van der Waals surface area contributed by atoms with Crippen LogP contribution in [0, 0.1) is 0 Å². The molecule has 0 spiro atoms. The molecule has 2 heterocycles. The molecule has 1 saturated heterocycles. The zero-order chi connectivity index (χ0) is 25.0. The van der Waals surface area contributed by atoms with Crippen molar-refractivity contribution >= 4 is 27.3 Å². The molecular weight excluding hydrogens is 488 g/mol. The van der Waals surface area contributed by atoms with E-state index < -0.39 is 15.9 Å². The second-order valence-electron chi connectivity index (χ2n) is 9.14. The van der Waals surface area contributed by atoms with Crippen LogP contribution in [0.4, 0.5) is 0 Å². The Morgan fingerprint density at radius 3 is 1.81 bits per heavy atom. The van der Waals surface area contributed by atoms with E-state index in [2.05, 4.69) is 0 Å². The summed E-state index contributed by atoms with van der Waals surface area (Å²) in [7, 11) is -3.63. The van der Waals surface area contributed by atoms with E-state index in [-0.39, 0.29) is 9.80 Å². The lowest BCUT2D eigenvalue weighted by atomic mass is 9.90. The van der Waals surface area contributed by atoms with E-state index in [0.717, 1.165) is 16.7 Å². The number of quaternary nitrogens is 1. The monoisotopic (exact) mass is 517 g/mol. The molecule has 4 aromatic rings. The topological polar surface area (TPSA) is 54.5 Å². The number of sulfonamides is 1. The summed E-state index contributed by atoms with van der Waals surface area (Å²) >= 11 is 1.26. The van der Waals surface area contributed by atoms with Crippen molar-refractivity contribution in [3.63, 3.8) is 0 Å². The highest BCUT2D eigenvalue weighted by molar-refractivity contribution is 7.88. The molecule has 1 aliphatic heterocycles. The molecule has 5 nitrogen and oxygen atoms in total. The van der Waals surface area contributed by atoms with Crippen LogP contribution in [-0.4, -0.2) is 49.3 Å². The van der Waals surface area contributed by atoms with E-state index in [4.69, 9.17) is 0 Å². The Balaban J connectivity index is 1.44. The Morgan fingerprint density at radius 2 is 1.31 bits per heavy atom. The van der Waals surface area contributed by atoms with Crippen LogP contribution in [0.1, 0.15) is 22.6 Å². The van der Waals surface area contributed by atoms with Crippen molar-refractivity contribution in [3.8, 4) is 0 Å². The predicted octanol–water partition coefficient (Wildman–Crippen LogP) is 5.13. The van der Waals surface area contributed by atoms with Gasteiger partial charge < -0.3 is 4.90 Å². The Bertz CT molecular complexity index is 1340. The highest BCUT2D eigenvalue weighted by atomic mass is 32.2. The molecule has 0 radical (unpaired) electrons. The van der Waals surface area contributed by atoms with Gasteiger partial charge >= 0.3 is 10.0 Å². The second-order valence-corrected chi connectivity index (χ2v) is 12.5. The molecule has 0 saturated carbocycles. The van der Waals surface area contributed by atoms with Crippen molar-refractivity contribution in [1.29, 1.82) is 0 Å². The Kier molecular flexibility index (Phi) is 7.05. The summed E-state index contributed by atoms with van der Waals surface area (Å²) in [4.78, 5) is 15.8. The van der Waals surface area contributed by atoms with E-state index in [9.17, 15) is 13.2 Å². The smallest absolute Gasteiger partial charge is 0.330 e. The van der Waals surface area contributed by atoms with Gasteiger partial charge in [-0.2, -0.15) is 8.42 Å². The fourth-order valence-corrected chi connectivity index (χ4v) is 8.17. The van der Waals surface area contributed by atoms with Crippen LogP contribution in [0.5, 0.6) is 0 Å². The van der Waals surface area contributed by atoms with E-state index in [1.54, 1.807) is 17.5 Å². The van der Waals surface area contributed by atoms with Gasteiger partial charge in [0.1, 0.15) is 19.6 Å². The largest absolute Gasteiger partial charge is 0.337 e. The Hall–Kier alpha value is -3.26. The molecule has 0 N–H and O–H groups in total. The van der Waals surface area contributed by atoms with E-state index in [0.29, 0.717) is 36.9 Å². The molecule has 1 amide bonds. The molecule has 0 bridgehead atoms. The van der Waals surface area contributed by atoms with Gasteiger partial charge in [-0.15, -0.1) is 11.3 Å². The molecule has 1 aromatic heterocycles. The van der Waals surface area contributed by atoms with Crippen molar-refractivity contribution in [2.24, 2.45) is 0 Å². The number of thiophene rings is 1. The lowest BCUT2D eigenvalue weighted by Crippen LogP contribution is -2.62. The fraction of sp³-hybridized carbons (Fsp3) is 0.207. The maximum atomic E-state index is 13.9. The van der Waals surface area contributed by atoms with E-state index >= 15 is 0 Å². The first-order valence-electron chi connectivity index (χ1n) is 12.1. The highest BCUT2D eigenvalue weighted by Crippen LogP contribution is 2.34. The summed E-state index contributed by atoms with van der Waals surface area (Å²) in [6.45, 7) is 1.83. The summed E-state index contributed by atoms with van der Waals surface area (Å²) in [5, 5.41) is 1.80. The molecule has 0 aliphatic carbocycles. The quantitative estimate of drug-likeness (QED) is 0.320. The summed E-state index contributed by atoms with van der Waals surface area (Å²) in [5.74, 6) is -0.408. The van der Waals surface area contributed by atoms with E-state index in [1.165, 1.54) is 11.3 Å². The fourth-order valence-electron chi connectivity index (χ4n) is 5.00. The summed E-state index contributed by atoms with van der Waals surface area (Å²) in [5.41, 5.74) is 2.86. The molecule has 1 aliphatic rings. The molecule has 5 rings (SSSR count). The molecular formula is C29H29N2O3S2+. The van der Waals surface area contributed by atoms with Crippen molar-refractivity contribution in [1.82, 2.24) is 4.90 Å². The molecule has 1 fully saturated rings. The van der Waals surface area contributed by atoms with Crippen LogP contribution in [0.3, 0.4) is 0 Å².